The number of nitrogens with one attached hydrogen (secondary N) is 1. The highest BCUT2D eigenvalue weighted by Gasteiger charge is 2.30. The van der Waals surface area contributed by atoms with Crippen molar-refractivity contribution < 1.29 is 23.9 Å². The maximum atomic E-state index is 13.0. The fourth-order valence-corrected chi connectivity index (χ4v) is 7.39. The van der Waals surface area contributed by atoms with Gasteiger partial charge in [-0.25, -0.2) is 4.98 Å². The number of ether oxygens (including phenoxy) is 2. The highest BCUT2D eigenvalue weighted by atomic mass is 32.1. The first-order valence-electron chi connectivity index (χ1n) is 16.4. The Bertz CT molecular complexity index is 1730. The number of carbonyl (C=O) groups is 3. The molecule has 3 atom stereocenters. The zero-order chi connectivity index (χ0) is 35.2. The van der Waals surface area contributed by atoms with E-state index in [0.717, 1.165) is 63.4 Å². The summed E-state index contributed by atoms with van der Waals surface area (Å²) < 4.78 is 13.7. The van der Waals surface area contributed by atoms with Gasteiger partial charge in [0, 0.05) is 67.8 Å². The van der Waals surface area contributed by atoms with Gasteiger partial charge in [-0.2, -0.15) is 0 Å². The molecule has 1 N–H and O–H groups in total. The average Bonchev–Trinajstić information content (AvgIpc) is 3.65. The van der Waals surface area contributed by atoms with Crippen LogP contribution < -0.4 is 5.32 Å². The zero-order valence-electron chi connectivity index (χ0n) is 29.6. The Hall–Kier alpha value is -3.93. The molecule has 0 radical (unpaired) electrons. The number of thiazole rings is 1. The Morgan fingerprint density at radius 3 is 2.54 bits per heavy atom. The third-order valence-corrected chi connectivity index (χ3v) is 9.62. The number of pyridine rings is 1. The van der Waals surface area contributed by atoms with Crippen molar-refractivity contribution in [3.8, 4) is 22.5 Å². The molecule has 3 aromatic heterocycles. The van der Waals surface area contributed by atoms with E-state index in [2.05, 4.69) is 54.9 Å². The molecule has 3 heterocycles. The van der Waals surface area contributed by atoms with Crippen LogP contribution in [0.3, 0.4) is 0 Å². The number of carbonyl (C=O) groups excluding carboxylic acids is 3. The number of aromatic nitrogens is 3. The first kappa shape index (κ1) is 36.9. The van der Waals surface area contributed by atoms with E-state index in [1.165, 1.54) is 21.8 Å². The Morgan fingerprint density at radius 1 is 1.17 bits per heavy atom. The van der Waals surface area contributed by atoms with Gasteiger partial charge in [-0.15, -0.1) is 11.3 Å². The lowest BCUT2D eigenvalue weighted by Crippen LogP contribution is -2.51. The topological polar surface area (TPSA) is 116 Å². The molecule has 3 unspecified atom stereocenters. The lowest BCUT2D eigenvalue weighted by Gasteiger charge is -2.28. The predicted molar refractivity (Wildman–Crippen MR) is 191 cm³/mol. The molecular formula is C37H49N5O5S. The second-order valence-electron chi connectivity index (χ2n) is 13.4. The van der Waals surface area contributed by atoms with Crippen LogP contribution in [0.25, 0.3) is 33.4 Å². The molecule has 0 aliphatic carbocycles. The molecule has 0 spiro atoms. The van der Waals surface area contributed by atoms with Gasteiger partial charge in [0.15, 0.2) is 0 Å². The molecule has 4 aromatic rings. The number of aryl methyl sites for hydroxylation is 1. The smallest absolute Gasteiger partial charge is 0.243 e. The fraction of sp³-hybridized carbons (Fsp3) is 0.486. The Balaban J connectivity index is 1.76. The molecule has 1 aromatic carbocycles. The largest absolute Gasteiger partial charge is 0.384 e. The molecule has 2 amide bonds. The van der Waals surface area contributed by atoms with Crippen molar-refractivity contribution in [1.29, 1.82) is 0 Å². The number of hydrogen-bond donors (Lipinski definition) is 1. The fourth-order valence-electron chi connectivity index (χ4n) is 6.52. The van der Waals surface area contributed by atoms with Crippen molar-refractivity contribution in [2.24, 2.45) is 11.3 Å². The summed E-state index contributed by atoms with van der Waals surface area (Å²) >= 11 is 1.45. The van der Waals surface area contributed by atoms with Crippen LogP contribution in [0.2, 0.25) is 0 Å². The lowest BCUT2D eigenvalue weighted by molar-refractivity contribution is -0.134. The highest BCUT2D eigenvalue weighted by molar-refractivity contribution is 7.10. The predicted octanol–water partition coefficient (Wildman–Crippen LogP) is 6.11. The number of hydrogen-bond acceptors (Lipinski definition) is 8. The molecule has 0 bridgehead atoms. The summed E-state index contributed by atoms with van der Waals surface area (Å²) in [4.78, 5) is 47.3. The zero-order valence-corrected chi connectivity index (χ0v) is 30.4. The minimum absolute atomic E-state index is 0.116. The number of benzene rings is 1. The van der Waals surface area contributed by atoms with Crippen LogP contribution in [-0.4, -0.2) is 78.0 Å². The van der Waals surface area contributed by atoms with E-state index in [0.29, 0.717) is 13.0 Å². The van der Waals surface area contributed by atoms with Crippen molar-refractivity contribution in [3.05, 3.63) is 58.2 Å². The maximum absolute atomic E-state index is 13.0. The summed E-state index contributed by atoms with van der Waals surface area (Å²) in [5.74, 6) is -0.481. The van der Waals surface area contributed by atoms with Crippen LogP contribution in [0.1, 0.15) is 63.9 Å². The van der Waals surface area contributed by atoms with E-state index in [1.54, 1.807) is 21.3 Å². The minimum Gasteiger partial charge on any atom is -0.384 e. The SMILES string of the molecule is CCn1c(-c2cccnc2C(C)OC)c(CC(C)(C)COC)c2cc(-c3csc(CC(C=O)NC(=O)C(C(C)C)N(C)C=O)n3)ccc21. The summed E-state index contributed by atoms with van der Waals surface area (Å²) in [6, 6.07) is 9.12. The van der Waals surface area contributed by atoms with Gasteiger partial charge in [0.2, 0.25) is 12.3 Å². The van der Waals surface area contributed by atoms with Gasteiger partial charge in [0.1, 0.15) is 12.3 Å². The van der Waals surface area contributed by atoms with E-state index >= 15 is 0 Å². The van der Waals surface area contributed by atoms with Crippen LogP contribution in [0.4, 0.5) is 0 Å². The Morgan fingerprint density at radius 2 is 1.92 bits per heavy atom. The first-order valence-corrected chi connectivity index (χ1v) is 17.3. The summed E-state index contributed by atoms with van der Waals surface area (Å²) in [5, 5.41) is 6.66. The Labute approximate surface area is 287 Å². The van der Waals surface area contributed by atoms with Crippen LogP contribution in [0.15, 0.2) is 41.9 Å². The van der Waals surface area contributed by atoms with E-state index in [-0.39, 0.29) is 29.8 Å². The van der Waals surface area contributed by atoms with E-state index in [4.69, 9.17) is 19.4 Å². The second-order valence-corrected chi connectivity index (χ2v) is 14.4. The number of methoxy groups -OCH3 is 2. The monoisotopic (exact) mass is 675 g/mol. The molecular weight excluding hydrogens is 627 g/mol. The number of likely N-dealkylation sites (N-methyl/N-ethyl adjacent to an activating group) is 1. The van der Waals surface area contributed by atoms with Crippen LogP contribution in [0.5, 0.6) is 0 Å². The van der Waals surface area contributed by atoms with Gasteiger partial charge in [-0.1, -0.05) is 33.8 Å². The highest BCUT2D eigenvalue weighted by Crippen LogP contribution is 2.41. The molecule has 0 aliphatic rings. The summed E-state index contributed by atoms with van der Waals surface area (Å²) in [6.07, 6.45) is 4.01. The number of amides is 2. The van der Waals surface area contributed by atoms with Gasteiger partial charge < -0.3 is 29.1 Å². The number of aldehydes is 1. The molecule has 0 saturated heterocycles. The van der Waals surface area contributed by atoms with Gasteiger partial charge >= 0.3 is 0 Å². The van der Waals surface area contributed by atoms with Crippen LogP contribution >= 0.6 is 11.3 Å². The molecule has 0 fully saturated rings. The van der Waals surface area contributed by atoms with Gasteiger partial charge in [-0.3, -0.25) is 14.6 Å². The van der Waals surface area contributed by atoms with E-state index < -0.39 is 12.1 Å². The maximum Gasteiger partial charge on any atom is 0.243 e. The summed E-state index contributed by atoms with van der Waals surface area (Å²) in [6.45, 7) is 13.7. The van der Waals surface area contributed by atoms with E-state index in [1.807, 2.05) is 38.4 Å². The molecule has 11 heteroatoms. The second kappa shape index (κ2) is 16.0. The van der Waals surface area contributed by atoms with Gasteiger partial charge in [0.05, 0.1) is 40.8 Å². The van der Waals surface area contributed by atoms with Crippen molar-refractivity contribution in [1.82, 2.24) is 24.8 Å². The molecule has 0 aliphatic heterocycles. The molecule has 0 saturated carbocycles. The van der Waals surface area contributed by atoms with E-state index in [9.17, 15) is 14.4 Å². The van der Waals surface area contributed by atoms with Crippen LogP contribution in [0, 0.1) is 11.3 Å². The minimum atomic E-state index is -0.765. The molecule has 48 heavy (non-hydrogen) atoms. The normalized spacial score (nSPS) is 13.8. The number of rotatable bonds is 17. The van der Waals surface area contributed by atoms with Gasteiger partial charge in [-0.05, 0) is 61.4 Å². The Kier molecular flexibility index (Phi) is 12.3. The van der Waals surface area contributed by atoms with Crippen molar-refractivity contribution in [3.63, 3.8) is 0 Å². The number of fused-ring (bicyclic) bond motifs is 1. The van der Waals surface area contributed by atoms with Crippen molar-refractivity contribution in [2.75, 3.05) is 27.9 Å². The van der Waals surface area contributed by atoms with Crippen molar-refractivity contribution in [2.45, 2.75) is 79.1 Å². The standard InChI is InChI=1S/C37H49N5O5S/c1-10-42-31-14-13-25(30-20-48-32(40-30)17-26(19-43)39-36(45)34(23(2)3)41(7)22-44)16-28(31)29(18-37(5,6)21-46-8)35(42)27-12-11-15-38-33(27)24(4)47-9/h11-16,19-20,22-24,26,34H,10,17-18,21H2,1-9H3,(H,39,45). The molecule has 10 nitrogen and oxygen atoms in total. The van der Waals surface area contributed by atoms with Crippen molar-refractivity contribution >= 4 is 40.8 Å². The summed E-state index contributed by atoms with van der Waals surface area (Å²) in [5.41, 5.74) is 7.03. The third-order valence-electron chi connectivity index (χ3n) is 8.75. The molecule has 258 valence electrons. The quantitative estimate of drug-likeness (QED) is 0.134. The first-order chi connectivity index (χ1) is 22.9. The van der Waals surface area contributed by atoms with Gasteiger partial charge in [0.25, 0.3) is 0 Å². The molecule has 4 rings (SSSR count). The number of nitrogens with zero attached hydrogens (tertiary/aromatic N) is 4. The summed E-state index contributed by atoms with van der Waals surface area (Å²) in [7, 11) is 5.01. The lowest BCUT2D eigenvalue weighted by atomic mass is 9.84. The van der Waals surface area contributed by atoms with Crippen LogP contribution in [-0.2, 0) is 43.2 Å². The average molecular weight is 676 g/mol. The third kappa shape index (κ3) is 8.02.